The average Bonchev–Trinajstić information content (AvgIpc) is 3.09. The van der Waals surface area contributed by atoms with Gasteiger partial charge < -0.3 is 10.2 Å². The van der Waals surface area contributed by atoms with Crippen LogP contribution in [0.15, 0.2) is 29.6 Å². The Morgan fingerprint density at radius 2 is 2.00 bits per heavy atom. The molecule has 2 heterocycles. The number of urea groups is 1. The van der Waals surface area contributed by atoms with Crippen molar-refractivity contribution in [1.29, 1.82) is 0 Å². The summed E-state index contributed by atoms with van der Waals surface area (Å²) in [5.41, 5.74) is 2.89. The topological polar surface area (TPSA) is 82.6 Å². The number of carbonyl (C=O) groups excluding carboxylic acids is 3. The SMILES string of the molecule is Cc1ccc(-c2csc(NC(=O)CN3C(=O)CN(C)C3=O)n2)cc1. The fraction of sp³-hybridized carbons (Fsp3) is 0.250. The second kappa shape index (κ2) is 6.40. The molecule has 1 aromatic heterocycles. The number of aryl methyl sites for hydroxylation is 1. The van der Waals surface area contributed by atoms with Gasteiger partial charge in [-0.25, -0.2) is 9.78 Å². The lowest BCUT2D eigenvalue weighted by Crippen LogP contribution is -2.38. The zero-order valence-corrected chi connectivity index (χ0v) is 14.1. The fourth-order valence-electron chi connectivity index (χ4n) is 2.31. The van der Waals surface area contributed by atoms with Crippen molar-refractivity contribution in [1.82, 2.24) is 14.8 Å². The minimum absolute atomic E-state index is 0.000930. The summed E-state index contributed by atoms with van der Waals surface area (Å²) in [6.07, 6.45) is 0. The lowest BCUT2D eigenvalue weighted by Gasteiger charge is -2.12. The van der Waals surface area contributed by atoms with E-state index in [0.717, 1.165) is 21.7 Å². The summed E-state index contributed by atoms with van der Waals surface area (Å²) in [5, 5.41) is 4.91. The predicted octanol–water partition coefficient (Wildman–Crippen LogP) is 1.95. The van der Waals surface area contributed by atoms with Crippen LogP contribution in [0.1, 0.15) is 5.56 Å². The van der Waals surface area contributed by atoms with Crippen molar-refractivity contribution in [2.45, 2.75) is 6.92 Å². The van der Waals surface area contributed by atoms with Gasteiger partial charge in [0.05, 0.1) is 5.69 Å². The Morgan fingerprint density at radius 3 is 2.62 bits per heavy atom. The van der Waals surface area contributed by atoms with Crippen LogP contribution in [0.4, 0.5) is 9.93 Å². The third kappa shape index (κ3) is 3.28. The quantitative estimate of drug-likeness (QED) is 0.860. The molecule has 1 aromatic carbocycles. The first-order chi connectivity index (χ1) is 11.4. The number of hydrogen-bond donors (Lipinski definition) is 1. The summed E-state index contributed by atoms with van der Waals surface area (Å²) in [6.45, 7) is 1.71. The maximum absolute atomic E-state index is 12.0. The summed E-state index contributed by atoms with van der Waals surface area (Å²) in [7, 11) is 1.52. The number of nitrogens with one attached hydrogen (secondary N) is 1. The monoisotopic (exact) mass is 344 g/mol. The van der Waals surface area contributed by atoms with E-state index in [9.17, 15) is 14.4 Å². The molecule has 1 saturated heterocycles. The smallest absolute Gasteiger partial charge is 0.318 e. The van der Waals surface area contributed by atoms with Gasteiger partial charge in [0.2, 0.25) is 5.91 Å². The molecule has 124 valence electrons. The molecule has 24 heavy (non-hydrogen) atoms. The van der Waals surface area contributed by atoms with Crippen molar-refractivity contribution in [2.75, 3.05) is 25.5 Å². The molecule has 1 aliphatic heterocycles. The number of rotatable bonds is 4. The van der Waals surface area contributed by atoms with Gasteiger partial charge in [-0.1, -0.05) is 29.8 Å². The van der Waals surface area contributed by atoms with Crippen molar-refractivity contribution in [3.63, 3.8) is 0 Å². The molecular formula is C16H16N4O3S. The number of carbonyl (C=O) groups is 3. The third-order valence-electron chi connectivity index (χ3n) is 3.63. The Hall–Kier alpha value is -2.74. The molecular weight excluding hydrogens is 328 g/mol. The van der Waals surface area contributed by atoms with E-state index in [2.05, 4.69) is 10.3 Å². The number of likely N-dealkylation sites (N-methyl/N-ethyl adjacent to an activating group) is 1. The second-order valence-corrected chi connectivity index (χ2v) is 6.43. The zero-order chi connectivity index (χ0) is 17.3. The Morgan fingerprint density at radius 1 is 1.29 bits per heavy atom. The van der Waals surface area contributed by atoms with Crippen molar-refractivity contribution in [3.05, 3.63) is 35.2 Å². The molecule has 2 aromatic rings. The van der Waals surface area contributed by atoms with Gasteiger partial charge in [-0.15, -0.1) is 11.3 Å². The predicted molar refractivity (Wildman–Crippen MR) is 90.7 cm³/mol. The highest BCUT2D eigenvalue weighted by Gasteiger charge is 2.34. The molecule has 7 nitrogen and oxygen atoms in total. The van der Waals surface area contributed by atoms with Crippen LogP contribution in [0, 0.1) is 6.92 Å². The third-order valence-corrected chi connectivity index (χ3v) is 4.39. The van der Waals surface area contributed by atoms with E-state index in [-0.39, 0.29) is 19.0 Å². The highest BCUT2D eigenvalue weighted by Crippen LogP contribution is 2.25. The number of hydrogen-bond acceptors (Lipinski definition) is 5. The number of thiazole rings is 1. The number of anilines is 1. The molecule has 4 amide bonds. The standard InChI is InChI=1S/C16H16N4O3S/c1-10-3-5-11(6-4-10)12-9-24-15(17-12)18-13(21)7-20-14(22)8-19(2)16(20)23/h3-6,9H,7-8H2,1-2H3,(H,17,18,21). The Labute approximate surface area is 142 Å². The van der Waals surface area contributed by atoms with Gasteiger partial charge >= 0.3 is 6.03 Å². The van der Waals surface area contributed by atoms with Gasteiger partial charge in [-0.2, -0.15) is 0 Å². The first-order valence-corrected chi connectivity index (χ1v) is 8.20. The first kappa shape index (κ1) is 16.1. The second-order valence-electron chi connectivity index (χ2n) is 5.57. The van der Waals surface area contributed by atoms with Crippen molar-refractivity contribution in [2.24, 2.45) is 0 Å². The summed E-state index contributed by atoms with van der Waals surface area (Å²) >= 11 is 1.30. The Balaban J connectivity index is 1.64. The van der Waals surface area contributed by atoms with Crippen LogP contribution in [0.3, 0.4) is 0 Å². The average molecular weight is 344 g/mol. The van der Waals surface area contributed by atoms with E-state index in [0.29, 0.717) is 5.13 Å². The van der Waals surface area contributed by atoms with Crippen LogP contribution in [-0.4, -0.2) is 52.8 Å². The van der Waals surface area contributed by atoms with Gasteiger partial charge in [0.1, 0.15) is 13.1 Å². The molecule has 0 unspecified atom stereocenters. The van der Waals surface area contributed by atoms with Gasteiger partial charge in [-0.3, -0.25) is 14.5 Å². The molecule has 0 aliphatic carbocycles. The number of amides is 4. The molecule has 0 spiro atoms. The van der Waals surface area contributed by atoms with Crippen LogP contribution in [0.25, 0.3) is 11.3 Å². The molecule has 1 fully saturated rings. The van der Waals surface area contributed by atoms with Gasteiger partial charge in [0.25, 0.3) is 5.91 Å². The van der Waals surface area contributed by atoms with Crippen LogP contribution >= 0.6 is 11.3 Å². The van der Waals surface area contributed by atoms with E-state index >= 15 is 0 Å². The lowest BCUT2D eigenvalue weighted by molar-refractivity contribution is -0.129. The number of aromatic nitrogens is 1. The molecule has 1 aliphatic rings. The van der Waals surface area contributed by atoms with E-state index in [1.165, 1.54) is 23.3 Å². The number of imide groups is 1. The molecule has 1 N–H and O–H groups in total. The molecule has 0 bridgehead atoms. The number of nitrogens with zero attached hydrogens (tertiary/aromatic N) is 3. The van der Waals surface area contributed by atoms with E-state index in [4.69, 9.17) is 0 Å². The lowest BCUT2D eigenvalue weighted by atomic mass is 10.1. The Kier molecular flexibility index (Phi) is 4.30. The maximum Gasteiger partial charge on any atom is 0.327 e. The minimum atomic E-state index is -0.463. The fourth-order valence-corrected chi connectivity index (χ4v) is 3.05. The van der Waals surface area contributed by atoms with Crippen molar-refractivity contribution in [3.8, 4) is 11.3 Å². The van der Waals surface area contributed by atoms with Crippen LogP contribution in [0.5, 0.6) is 0 Å². The highest BCUT2D eigenvalue weighted by molar-refractivity contribution is 7.14. The molecule has 0 saturated carbocycles. The summed E-state index contributed by atoms with van der Waals surface area (Å²) in [4.78, 5) is 42.0. The number of benzene rings is 1. The summed E-state index contributed by atoms with van der Waals surface area (Å²) < 4.78 is 0. The van der Waals surface area contributed by atoms with E-state index < -0.39 is 11.9 Å². The highest BCUT2D eigenvalue weighted by atomic mass is 32.1. The summed E-state index contributed by atoms with van der Waals surface area (Å²) in [5.74, 6) is -0.825. The molecule has 3 rings (SSSR count). The van der Waals surface area contributed by atoms with Crippen LogP contribution in [-0.2, 0) is 9.59 Å². The maximum atomic E-state index is 12.0. The van der Waals surface area contributed by atoms with Crippen LogP contribution < -0.4 is 5.32 Å². The molecule has 8 heteroatoms. The van der Waals surface area contributed by atoms with Crippen molar-refractivity contribution < 1.29 is 14.4 Å². The van der Waals surface area contributed by atoms with Crippen LogP contribution in [0.2, 0.25) is 0 Å². The van der Waals surface area contributed by atoms with E-state index in [1.807, 2.05) is 36.6 Å². The largest absolute Gasteiger partial charge is 0.327 e. The molecule has 0 atom stereocenters. The normalized spacial score (nSPS) is 14.4. The molecule has 0 radical (unpaired) electrons. The van der Waals surface area contributed by atoms with E-state index in [1.54, 1.807) is 0 Å². The zero-order valence-electron chi connectivity index (χ0n) is 13.3. The van der Waals surface area contributed by atoms with Gasteiger partial charge in [-0.05, 0) is 6.92 Å². The van der Waals surface area contributed by atoms with Gasteiger partial charge in [0, 0.05) is 18.0 Å². The Bertz CT molecular complexity index is 800. The summed E-state index contributed by atoms with van der Waals surface area (Å²) in [6, 6.07) is 7.46. The minimum Gasteiger partial charge on any atom is -0.318 e. The van der Waals surface area contributed by atoms with Gasteiger partial charge in [0.15, 0.2) is 5.13 Å². The first-order valence-electron chi connectivity index (χ1n) is 7.32. The van der Waals surface area contributed by atoms with Crippen molar-refractivity contribution >= 4 is 34.3 Å².